The summed E-state index contributed by atoms with van der Waals surface area (Å²) in [5.41, 5.74) is 1.47. The highest BCUT2D eigenvalue weighted by Gasteiger charge is 2.35. The molecule has 0 radical (unpaired) electrons. The molecule has 0 aliphatic carbocycles. The second-order valence-corrected chi connectivity index (χ2v) is 7.51. The smallest absolute Gasteiger partial charge is 0.244 e. The predicted molar refractivity (Wildman–Crippen MR) is 95.4 cm³/mol. The molecule has 2 heterocycles. The van der Waals surface area contributed by atoms with E-state index in [9.17, 15) is 4.79 Å². The number of hydrogen-bond donors (Lipinski definition) is 0. The summed E-state index contributed by atoms with van der Waals surface area (Å²) in [7, 11) is 2.00. The first-order chi connectivity index (χ1) is 11.1. The van der Waals surface area contributed by atoms with Crippen molar-refractivity contribution >= 4 is 38.9 Å². The number of halogens is 1. The van der Waals surface area contributed by atoms with E-state index in [1.807, 2.05) is 24.1 Å². The van der Waals surface area contributed by atoms with E-state index in [4.69, 9.17) is 5.26 Å². The number of hydrogen-bond acceptors (Lipinski definition) is 4. The minimum absolute atomic E-state index is 0.0912. The number of nitrogens with zero attached hydrogens (tertiary/aromatic N) is 3. The lowest BCUT2D eigenvalue weighted by Gasteiger charge is -2.23. The number of anilines is 1. The first kappa shape index (κ1) is 16.2. The zero-order chi connectivity index (χ0) is 16.4. The van der Waals surface area contributed by atoms with Crippen molar-refractivity contribution in [2.75, 3.05) is 18.5 Å². The first-order valence-electron chi connectivity index (χ1n) is 7.33. The molecule has 0 bridgehead atoms. The van der Waals surface area contributed by atoms with E-state index in [2.05, 4.69) is 38.3 Å². The summed E-state index contributed by atoms with van der Waals surface area (Å²) in [4.78, 5) is 17.9. The maximum atomic E-state index is 12.7. The fourth-order valence-corrected chi connectivity index (χ4v) is 4.35. The van der Waals surface area contributed by atoms with Crippen LogP contribution in [0.1, 0.15) is 16.9 Å². The third-order valence-corrected chi connectivity index (χ3v) is 5.73. The quantitative estimate of drug-likeness (QED) is 0.801. The van der Waals surface area contributed by atoms with Crippen LogP contribution in [0.2, 0.25) is 0 Å². The normalized spacial score (nSPS) is 17.7. The third kappa shape index (κ3) is 3.47. The maximum Gasteiger partial charge on any atom is 0.244 e. The summed E-state index contributed by atoms with van der Waals surface area (Å²) < 4.78 is 1.09. The molecule has 1 amide bonds. The molecule has 0 N–H and O–H groups in total. The summed E-state index contributed by atoms with van der Waals surface area (Å²) in [6, 6.07) is 11.3. The van der Waals surface area contributed by atoms with Gasteiger partial charge >= 0.3 is 0 Å². The summed E-state index contributed by atoms with van der Waals surface area (Å²) in [5.74, 6) is 0.132. The van der Waals surface area contributed by atoms with Crippen molar-refractivity contribution in [3.05, 3.63) is 50.6 Å². The number of thiophene rings is 1. The lowest BCUT2D eigenvalue weighted by Crippen LogP contribution is -2.39. The summed E-state index contributed by atoms with van der Waals surface area (Å²) in [6.45, 7) is 1.49. The van der Waals surface area contributed by atoms with E-state index in [0.29, 0.717) is 12.1 Å². The molecule has 0 unspecified atom stereocenters. The maximum absolute atomic E-state index is 12.7. The average molecular weight is 390 g/mol. The first-order valence-corrected chi connectivity index (χ1v) is 9.00. The molecule has 1 aliphatic rings. The minimum Gasteiger partial charge on any atom is -0.311 e. The van der Waals surface area contributed by atoms with Gasteiger partial charge in [0.1, 0.15) is 0 Å². The number of rotatable bonds is 4. The van der Waals surface area contributed by atoms with Crippen LogP contribution in [0.3, 0.4) is 0 Å². The molecule has 1 saturated heterocycles. The van der Waals surface area contributed by atoms with E-state index in [-0.39, 0.29) is 11.9 Å². The Hall–Kier alpha value is -1.68. The Labute approximate surface area is 148 Å². The van der Waals surface area contributed by atoms with Gasteiger partial charge in [-0.15, -0.1) is 11.3 Å². The fraction of sp³-hybridized carbons (Fsp3) is 0.294. The molecule has 1 fully saturated rings. The number of nitriles is 1. The molecule has 1 aromatic carbocycles. The van der Waals surface area contributed by atoms with Gasteiger partial charge in [0.25, 0.3) is 0 Å². The van der Waals surface area contributed by atoms with Gasteiger partial charge in [0.15, 0.2) is 0 Å². The Bertz CT molecular complexity index is 750. The Morgan fingerprint density at radius 1 is 1.43 bits per heavy atom. The number of benzene rings is 1. The van der Waals surface area contributed by atoms with Gasteiger partial charge in [0, 0.05) is 33.5 Å². The van der Waals surface area contributed by atoms with E-state index in [1.54, 1.807) is 23.5 Å². The SMILES string of the molecule is CN(Cc1cc(Br)cs1)[C@@H]1CCN(c2ccc(C#N)cc2)C1=O. The molecule has 0 spiro atoms. The second kappa shape index (κ2) is 6.83. The van der Waals surface area contributed by atoms with E-state index in [0.717, 1.165) is 23.1 Å². The molecule has 3 rings (SSSR count). The van der Waals surface area contributed by atoms with Crippen molar-refractivity contribution in [1.82, 2.24) is 4.90 Å². The van der Waals surface area contributed by atoms with Gasteiger partial charge in [0.2, 0.25) is 5.91 Å². The minimum atomic E-state index is -0.0912. The van der Waals surface area contributed by atoms with Crippen LogP contribution in [0.25, 0.3) is 0 Å². The van der Waals surface area contributed by atoms with E-state index < -0.39 is 0 Å². The molecular formula is C17H16BrN3OS. The molecule has 1 aliphatic heterocycles. The van der Waals surface area contributed by atoms with Gasteiger partial charge in [-0.05, 0) is 59.7 Å². The van der Waals surface area contributed by atoms with Crippen molar-refractivity contribution in [1.29, 1.82) is 5.26 Å². The molecule has 6 heteroatoms. The number of carbonyl (C=O) groups excluding carboxylic acids is 1. The monoisotopic (exact) mass is 389 g/mol. The van der Waals surface area contributed by atoms with Gasteiger partial charge in [-0.25, -0.2) is 0 Å². The Morgan fingerprint density at radius 2 is 2.17 bits per heavy atom. The summed E-state index contributed by atoms with van der Waals surface area (Å²) >= 11 is 5.16. The lowest BCUT2D eigenvalue weighted by atomic mass is 10.2. The van der Waals surface area contributed by atoms with Crippen LogP contribution in [0.15, 0.2) is 40.2 Å². The van der Waals surface area contributed by atoms with E-state index >= 15 is 0 Å². The van der Waals surface area contributed by atoms with Crippen LogP contribution in [0.4, 0.5) is 5.69 Å². The molecule has 0 saturated carbocycles. The van der Waals surface area contributed by atoms with Crippen LogP contribution in [0.5, 0.6) is 0 Å². The second-order valence-electron chi connectivity index (χ2n) is 5.60. The highest BCUT2D eigenvalue weighted by Crippen LogP contribution is 2.27. The molecule has 1 aromatic heterocycles. The Morgan fingerprint density at radius 3 is 2.78 bits per heavy atom. The molecule has 2 aromatic rings. The summed E-state index contributed by atoms with van der Waals surface area (Å²) in [5, 5.41) is 10.9. The molecule has 4 nitrogen and oxygen atoms in total. The topological polar surface area (TPSA) is 47.3 Å². The number of carbonyl (C=O) groups is 1. The van der Waals surface area contributed by atoms with Crippen LogP contribution in [-0.4, -0.2) is 30.4 Å². The average Bonchev–Trinajstić information content (AvgIpc) is 3.13. The number of amides is 1. The van der Waals surface area contributed by atoms with Gasteiger partial charge in [-0.1, -0.05) is 0 Å². The van der Waals surface area contributed by atoms with Crippen molar-refractivity contribution in [3.8, 4) is 6.07 Å². The predicted octanol–water partition coefficient (Wildman–Crippen LogP) is 3.62. The Balaban J connectivity index is 1.69. The standard InChI is InChI=1S/C17H16BrN3OS/c1-20(10-15-8-13(18)11-23-15)16-6-7-21(17(16)22)14-4-2-12(9-19)3-5-14/h2-5,8,11,16H,6-7,10H2,1H3/t16-/m1/s1. The molecule has 1 atom stereocenters. The Kier molecular flexibility index (Phi) is 4.81. The zero-order valence-corrected chi connectivity index (χ0v) is 15.1. The van der Waals surface area contributed by atoms with E-state index in [1.165, 1.54) is 4.88 Å². The third-order valence-electron chi connectivity index (χ3n) is 4.04. The van der Waals surface area contributed by atoms with Gasteiger partial charge in [-0.2, -0.15) is 5.26 Å². The van der Waals surface area contributed by atoms with Crippen LogP contribution < -0.4 is 4.90 Å². The van der Waals surface area contributed by atoms with Gasteiger partial charge in [-0.3, -0.25) is 9.69 Å². The number of likely N-dealkylation sites (N-methyl/N-ethyl adjacent to an activating group) is 1. The highest BCUT2D eigenvalue weighted by atomic mass is 79.9. The van der Waals surface area contributed by atoms with Crippen LogP contribution in [-0.2, 0) is 11.3 Å². The van der Waals surface area contributed by atoms with Crippen molar-refractivity contribution < 1.29 is 4.79 Å². The lowest BCUT2D eigenvalue weighted by molar-refractivity contribution is -0.121. The highest BCUT2D eigenvalue weighted by molar-refractivity contribution is 9.10. The molecule has 118 valence electrons. The molecule has 23 heavy (non-hydrogen) atoms. The van der Waals surface area contributed by atoms with Crippen molar-refractivity contribution in [2.24, 2.45) is 0 Å². The van der Waals surface area contributed by atoms with Crippen LogP contribution in [0, 0.1) is 11.3 Å². The van der Waals surface area contributed by atoms with Crippen LogP contribution >= 0.6 is 27.3 Å². The van der Waals surface area contributed by atoms with Crippen molar-refractivity contribution in [2.45, 2.75) is 19.0 Å². The van der Waals surface area contributed by atoms with Crippen molar-refractivity contribution in [3.63, 3.8) is 0 Å². The van der Waals surface area contributed by atoms with Gasteiger partial charge in [0.05, 0.1) is 17.7 Å². The largest absolute Gasteiger partial charge is 0.311 e. The summed E-state index contributed by atoms with van der Waals surface area (Å²) in [6.07, 6.45) is 0.821. The molecular weight excluding hydrogens is 374 g/mol. The van der Waals surface area contributed by atoms with Gasteiger partial charge < -0.3 is 4.90 Å². The fourth-order valence-electron chi connectivity index (χ4n) is 2.84. The zero-order valence-electron chi connectivity index (χ0n) is 12.7.